The Bertz CT molecular complexity index is 1070. The van der Waals surface area contributed by atoms with E-state index < -0.39 is 0 Å². The molecule has 1 aliphatic rings. The minimum absolute atomic E-state index is 0.118. The van der Waals surface area contributed by atoms with Crippen LogP contribution in [0.1, 0.15) is 41.5 Å². The van der Waals surface area contributed by atoms with E-state index >= 15 is 0 Å². The van der Waals surface area contributed by atoms with Crippen LogP contribution < -0.4 is 0 Å². The molecule has 5 rings (SSSR count). The molecule has 0 radical (unpaired) electrons. The molecule has 0 bridgehead atoms. The molecule has 1 aliphatic heterocycles. The number of aliphatic hydroxyl groups excluding tert-OH is 1. The largest absolute Gasteiger partial charge is 0.395 e. The second-order valence-corrected chi connectivity index (χ2v) is 9.90. The van der Waals surface area contributed by atoms with Crippen molar-refractivity contribution in [3.8, 4) is 0 Å². The number of aliphatic hydroxyl groups is 1. The summed E-state index contributed by atoms with van der Waals surface area (Å²) in [6, 6.07) is 43.5. The van der Waals surface area contributed by atoms with Gasteiger partial charge in [-0.25, -0.2) is 0 Å². The molecule has 4 aromatic rings. The normalized spacial score (nSPS) is 16.1. The van der Waals surface area contributed by atoms with E-state index in [1.807, 2.05) is 0 Å². The molecule has 0 spiro atoms. The maximum atomic E-state index is 10.4. The van der Waals surface area contributed by atoms with Crippen LogP contribution in [-0.2, 0) is 10.8 Å². The average molecular weight is 462 g/mol. The van der Waals surface area contributed by atoms with E-state index in [2.05, 4.69) is 126 Å². The number of rotatable bonds is 8. The molecule has 2 nitrogen and oxygen atoms in total. The molecular formula is C33H35NO. The predicted octanol–water partition coefficient (Wildman–Crippen LogP) is 6.44. The lowest BCUT2D eigenvalue weighted by atomic mass is 9.67. The highest BCUT2D eigenvalue weighted by atomic mass is 16.3. The highest BCUT2D eigenvalue weighted by Gasteiger charge is 2.39. The van der Waals surface area contributed by atoms with Crippen LogP contribution in [-0.4, -0.2) is 36.2 Å². The summed E-state index contributed by atoms with van der Waals surface area (Å²) in [6.45, 7) is 3.23. The zero-order chi connectivity index (χ0) is 24.0. The highest BCUT2D eigenvalue weighted by molar-refractivity contribution is 5.50. The summed E-state index contributed by atoms with van der Waals surface area (Å²) >= 11 is 0. The van der Waals surface area contributed by atoms with Gasteiger partial charge in [0.05, 0.1) is 6.61 Å². The molecule has 0 amide bonds. The van der Waals surface area contributed by atoms with E-state index in [0.29, 0.717) is 0 Å². The maximum Gasteiger partial charge on any atom is 0.0528 e. The zero-order valence-electron chi connectivity index (χ0n) is 20.4. The molecule has 0 aliphatic carbocycles. The van der Waals surface area contributed by atoms with Gasteiger partial charge in [0.15, 0.2) is 0 Å². The Hall–Kier alpha value is -3.20. The van der Waals surface area contributed by atoms with Crippen LogP contribution in [0.25, 0.3) is 0 Å². The maximum absolute atomic E-state index is 10.4. The first-order valence-electron chi connectivity index (χ1n) is 12.8. The van der Waals surface area contributed by atoms with Gasteiger partial charge in [0.25, 0.3) is 0 Å². The Labute approximate surface area is 209 Å². The van der Waals surface area contributed by atoms with Crippen LogP contribution >= 0.6 is 0 Å². The standard InChI is InChI=1S/C33H35NO/c35-27-32(28-13-5-1-6-14-28)21-24-34(25-22-32)26-23-33(29-15-7-2-8-16-29,30-17-9-3-10-18-30)31-19-11-4-12-20-31/h1-20,35H,21-27H2. The van der Waals surface area contributed by atoms with Crippen molar-refractivity contribution in [2.24, 2.45) is 0 Å². The van der Waals surface area contributed by atoms with Crippen LogP contribution in [0, 0.1) is 0 Å². The molecule has 1 heterocycles. The van der Waals surface area contributed by atoms with E-state index in [-0.39, 0.29) is 17.4 Å². The summed E-state index contributed by atoms with van der Waals surface area (Å²) in [5, 5.41) is 10.4. The predicted molar refractivity (Wildman–Crippen MR) is 145 cm³/mol. The number of nitrogens with zero attached hydrogens (tertiary/aromatic N) is 1. The van der Waals surface area contributed by atoms with Crippen molar-refractivity contribution < 1.29 is 5.11 Å². The Morgan fingerprint density at radius 2 is 1.00 bits per heavy atom. The molecule has 2 heteroatoms. The van der Waals surface area contributed by atoms with E-state index in [1.54, 1.807) is 0 Å². The molecule has 0 saturated carbocycles. The van der Waals surface area contributed by atoms with Gasteiger partial charge >= 0.3 is 0 Å². The summed E-state index contributed by atoms with van der Waals surface area (Å²) in [5.74, 6) is 0. The lowest BCUT2D eigenvalue weighted by molar-refractivity contribution is 0.0983. The van der Waals surface area contributed by atoms with Gasteiger partial charge in [-0.05, 0) is 61.2 Å². The fraction of sp³-hybridized carbons (Fsp3) is 0.273. The first-order valence-corrected chi connectivity index (χ1v) is 12.8. The summed E-state index contributed by atoms with van der Waals surface area (Å²) < 4.78 is 0. The molecule has 0 atom stereocenters. The van der Waals surface area contributed by atoms with E-state index in [4.69, 9.17) is 0 Å². The second-order valence-electron chi connectivity index (χ2n) is 9.90. The quantitative estimate of drug-likeness (QED) is 0.305. The Kier molecular flexibility index (Phi) is 7.13. The van der Waals surface area contributed by atoms with Crippen molar-refractivity contribution in [3.05, 3.63) is 144 Å². The van der Waals surface area contributed by atoms with Crippen molar-refractivity contribution in [3.63, 3.8) is 0 Å². The highest BCUT2D eigenvalue weighted by Crippen LogP contribution is 2.43. The van der Waals surface area contributed by atoms with Gasteiger partial charge in [-0.1, -0.05) is 121 Å². The van der Waals surface area contributed by atoms with Gasteiger partial charge in [-0.3, -0.25) is 0 Å². The zero-order valence-corrected chi connectivity index (χ0v) is 20.4. The topological polar surface area (TPSA) is 23.5 Å². The molecule has 1 saturated heterocycles. The number of benzene rings is 4. The van der Waals surface area contributed by atoms with Gasteiger partial charge in [0.2, 0.25) is 0 Å². The Morgan fingerprint density at radius 3 is 1.40 bits per heavy atom. The Morgan fingerprint density at radius 1 is 0.600 bits per heavy atom. The third-order valence-electron chi connectivity index (χ3n) is 8.10. The molecule has 178 valence electrons. The van der Waals surface area contributed by atoms with E-state index in [1.165, 1.54) is 22.3 Å². The van der Waals surface area contributed by atoms with Crippen molar-refractivity contribution in [1.29, 1.82) is 0 Å². The molecule has 1 fully saturated rings. The van der Waals surface area contributed by atoms with Crippen LogP contribution in [0.15, 0.2) is 121 Å². The molecule has 35 heavy (non-hydrogen) atoms. The second kappa shape index (κ2) is 10.6. The van der Waals surface area contributed by atoms with Crippen molar-refractivity contribution in [1.82, 2.24) is 4.90 Å². The third kappa shape index (κ3) is 4.69. The number of likely N-dealkylation sites (tertiary alicyclic amines) is 1. The first-order chi connectivity index (χ1) is 17.3. The van der Waals surface area contributed by atoms with E-state index in [9.17, 15) is 5.11 Å². The van der Waals surface area contributed by atoms with Crippen molar-refractivity contribution >= 4 is 0 Å². The fourth-order valence-electron chi connectivity index (χ4n) is 5.96. The van der Waals surface area contributed by atoms with Crippen LogP contribution in [0.5, 0.6) is 0 Å². The Balaban J connectivity index is 1.44. The molecular weight excluding hydrogens is 426 g/mol. The van der Waals surface area contributed by atoms with Crippen LogP contribution in [0.2, 0.25) is 0 Å². The van der Waals surface area contributed by atoms with Crippen LogP contribution in [0.3, 0.4) is 0 Å². The molecule has 0 aromatic heterocycles. The van der Waals surface area contributed by atoms with Crippen molar-refractivity contribution in [2.75, 3.05) is 26.2 Å². The van der Waals surface area contributed by atoms with Gasteiger partial charge in [0, 0.05) is 10.8 Å². The summed E-state index contributed by atoms with van der Waals surface area (Å²) in [6.07, 6.45) is 2.98. The minimum atomic E-state index is -0.214. The molecule has 4 aromatic carbocycles. The monoisotopic (exact) mass is 461 g/mol. The molecule has 0 unspecified atom stereocenters. The number of piperidine rings is 1. The van der Waals surface area contributed by atoms with Gasteiger partial charge in [-0.2, -0.15) is 0 Å². The lowest BCUT2D eigenvalue weighted by Crippen LogP contribution is -2.46. The van der Waals surface area contributed by atoms with E-state index in [0.717, 1.165) is 38.9 Å². The summed E-state index contributed by atoms with van der Waals surface area (Å²) in [5.41, 5.74) is 4.95. The smallest absolute Gasteiger partial charge is 0.0528 e. The first kappa shape index (κ1) is 23.5. The summed E-state index contributed by atoms with van der Waals surface area (Å²) in [4.78, 5) is 2.60. The third-order valence-corrected chi connectivity index (χ3v) is 8.10. The lowest BCUT2D eigenvalue weighted by Gasteiger charge is -2.43. The van der Waals surface area contributed by atoms with Crippen LogP contribution in [0.4, 0.5) is 0 Å². The SMILES string of the molecule is OCC1(c2ccccc2)CCN(CCC(c2ccccc2)(c2ccccc2)c2ccccc2)CC1. The van der Waals surface area contributed by atoms with Gasteiger partial charge < -0.3 is 10.0 Å². The van der Waals surface area contributed by atoms with Gasteiger partial charge in [0.1, 0.15) is 0 Å². The summed E-state index contributed by atoms with van der Waals surface area (Å²) in [7, 11) is 0. The fourth-order valence-corrected chi connectivity index (χ4v) is 5.96. The van der Waals surface area contributed by atoms with Gasteiger partial charge in [-0.15, -0.1) is 0 Å². The minimum Gasteiger partial charge on any atom is -0.395 e. The average Bonchev–Trinajstić information content (AvgIpc) is 2.96. The number of hydrogen-bond acceptors (Lipinski definition) is 2. The number of hydrogen-bond donors (Lipinski definition) is 1. The molecule has 1 N–H and O–H groups in total. The van der Waals surface area contributed by atoms with Crippen molar-refractivity contribution in [2.45, 2.75) is 30.1 Å².